The van der Waals surface area contributed by atoms with Gasteiger partial charge in [0.2, 0.25) is 5.82 Å². The molecule has 1 heterocycles. The maximum Gasteiger partial charge on any atom is 0.314 e. The number of hydrogen-bond acceptors (Lipinski definition) is 4. The molecule has 1 atom stereocenters. The van der Waals surface area contributed by atoms with Crippen molar-refractivity contribution in [2.45, 2.75) is 19.9 Å². The fraction of sp³-hybridized carbons (Fsp3) is 0.300. The lowest BCUT2D eigenvalue weighted by atomic mass is 10.2. The topological polar surface area (TPSA) is 68.1 Å². The molecule has 5 nitrogen and oxygen atoms in total. The molecule has 0 aliphatic rings. The molecule has 5 heteroatoms. The van der Waals surface area contributed by atoms with Crippen LogP contribution in [0, 0.1) is 17.0 Å². The summed E-state index contributed by atoms with van der Waals surface area (Å²) in [4.78, 5) is 14.3. The van der Waals surface area contributed by atoms with E-state index in [1.807, 2.05) is 6.92 Å². The Labute approximate surface area is 88.0 Å². The maximum absolute atomic E-state index is 10.8. The number of rotatable bonds is 4. The first-order valence-electron chi connectivity index (χ1n) is 4.55. The molecule has 0 radical (unpaired) electrons. The fourth-order valence-electron chi connectivity index (χ4n) is 1.16. The summed E-state index contributed by atoms with van der Waals surface area (Å²) in [5.41, 5.74) is 0.611. The van der Waals surface area contributed by atoms with Crippen LogP contribution in [0.15, 0.2) is 24.9 Å². The molecule has 1 rings (SSSR count). The molecule has 1 unspecified atom stereocenters. The first-order chi connectivity index (χ1) is 7.06. The van der Waals surface area contributed by atoms with E-state index in [1.54, 1.807) is 25.3 Å². The Morgan fingerprint density at radius 3 is 2.93 bits per heavy atom. The predicted molar refractivity (Wildman–Crippen MR) is 58.9 cm³/mol. The highest BCUT2D eigenvalue weighted by Crippen LogP contribution is 2.25. The van der Waals surface area contributed by atoms with E-state index in [0.717, 1.165) is 0 Å². The molecule has 1 aromatic rings. The van der Waals surface area contributed by atoms with Crippen LogP contribution < -0.4 is 5.32 Å². The van der Waals surface area contributed by atoms with E-state index in [-0.39, 0.29) is 17.5 Å². The number of hydrogen-bond donors (Lipinski definition) is 1. The van der Waals surface area contributed by atoms with Gasteiger partial charge in [0.1, 0.15) is 0 Å². The van der Waals surface area contributed by atoms with Gasteiger partial charge in [-0.15, -0.1) is 6.58 Å². The SMILES string of the molecule is C=CC(C)Nc1nccc(C)c1[N+](=O)[O-]. The third kappa shape index (κ3) is 2.52. The molecule has 0 fully saturated rings. The summed E-state index contributed by atoms with van der Waals surface area (Å²) in [6.45, 7) is 7.13. The van der Waals surface area contributed by atoms with Gasteiger partial charge in [-0.05, 0) is 19.9 Å². The van der Waals surface area contributed by atoms with Crippen LogP contribution in [0.1, 0.15) is 12.5 Å². The van der Waals surface area contributed by atoms with Gasteiger partial charge in [0.15, 0.2) is 0 Å². The van der Waals surface area contributed by atoms with E-state index in [4.69, 9.17) is 0 Å². The van der Waals surface area contributed by atoms with Crippen molar-refractivity contribution < 1.29 is 4.92 Å². The summed E-state index contributed by atoms with van der Waals surface area (Å²) < 4.78 is 0. The van der Waals surface area contributed by atoms with Gasteiger partial charge in [-0.25, -0.2) is 4.98 Å². The molecule has 1 aromatic heterocycles. The van der Waals surface area contributed by atoms with Gasteiger partial charge >= 0.3 is 5.69 Å². The Bertz CT molecular complexity index is 390. The van der Waals surface area contributed by atoms with Gasteiger partial charge < -0.3 is 5.32 Å². The van der Waals surface area contributed by atoms with Crippen molar-refractivity contribution in [2.75, 3.05) is 5.32 Å². The van der Waals surface area contributed by atoms with Crippen LogP contribution in [-0.4, -0.2) is 15.9 Å². The third-order valence-corrected chi connectivity index (χ3v) is 2.03. The first kappa shape index (κ1) is 11.2. The van der Waals surface area contributed by atoms with Crippen LogP contribution in [0.25, 0.3) is 0 Å². The fourth-order valence-corrected chi connectivity index (χ4v) is 1.16. The van der Waals surface area contributed by atoms with Gasteiger partial charge in [-0.2, -0.15) is 0 Å². The van der Waals surface area contributed by atoms with Crippen molar-refractivity contribution in [3.05, 3.63) is 40.6 Å². The summed E-state index contributed by atoms with van der Waals surface area (Å²) in [5.74, 6) is 0.285. The minimum absolute atomic E-state index is 0.0196. The zero-order chi connectivity index (χ0) is 11.4. The zero-order valence-corrected chi connectivity index (χ0v) is 8.73. The average Bonchev–Trinajstić information content (AvgIpc) is 2.17. The second-order valence-electron chi connectivity index (χ2n) is 3.25. The molecule has 0 saturated carbocycles. The molecule has 15 heavy (non-hydrogen) atoms. The molecule has 1 N–H and O–H groups in total. The smallest absolute Gasteiger partial charge is 0.314 e. The van der Waals surface area contributed by atoms with Crippen molar-refractivity contribution in [3.63, 3.8) is 0 Å². The van der Waals surface area contributed by atoms with Gasteiger partial charge in [0, 0.05) is 17.8 Å². The van der Waals surface area contributed by atoms with E-state index >= 15 is 0 Å². The minimum Gasteiger partial charge on any atom is -0.358 e. The molecule has 0 amide bonds. The Kier molecular flexibility index (Phi) is 3.38. The molecular weight excluding hydrogens is 194 g/mol. The molecule has 0 aliphatic heterocycles. The highest BCUT2D eigenvalue weighted by molar-refractivity contribution is 5.60. The molecule has 0 aliphatic carbocycles. The summed E-state index contributed by atoms with van der Waals surface area (Å²) in [7, 11) is 0. The van der Waals surface area contributed by atoms with Crippen LogP contribution in [0.4, 0.5) is 11.5 Å². The summed E-state index contributed by atoms with van der Waals surface area (Å²) in [6, 6.07) is 1.56. The van der Waals surface area contributed by atoms with Gasteiger partial charge in [0.05, 0.1) is 4.92 Å². The maximum atomic E-state index is 10.8. The normalized spacial score (nSPS) is 11.9. The van der Waals surface area contributed by atoms with Crippen molar-refractivity contribution in [3.8, 4) is 0 Å². The molecule has 0 saturated heterocycles. The minimum atomic E-state index is -0.430. The standard InChI is InChI=1S/C10H13N3O2/c1-4-8(3)12-10-9(13(14)15)7(2)5-6-11-10/h4-6,8H,1H2,2-3H3,(H,11,12). The molecule has 0 spiro atoms. The Morgan fingerprint density at radius 2 is 2.40 bits per heavy atom. The molecule has 80 valence electrons. The number of nitrogens with zero attached hydrogens (tertiary/aromatic N) is 2. The average molecular weight is 207 g/mol. The number of aryl methyl sites for hydroxylation is 1. The number of pyridine rings is 1. The van der Waals surface area contributed by atoms with Crippen molar-refractivity contribution in [1.82, 2.24) is 4.98 Å². The van der Waals surface area contributed by atoms with Crippen LogP contribution in [0.3, 0.4) is 0 Å². The second-order valence-corrected chi connectivity index (χ2v) is 3.25. The van der Waals surface area contributed by atoms with E-state index in [2.05, 4.69) is 16.9 Å². The largest absolute Gasteiger partial charge is 0.358 e. The predicted octanol–water partition coefficient (Wildman–Crippen LogP) is 2.28. The van der Waals surface area contributed by atoms with Gasteiger partial charge in [0.25, 0.3) is 0 Å². The Hall–Kier alpha value is -1.91. The van der Waals surface area contributed by atoms with Crippen molar-refractivity contribution in [1.29, 1.82) is 0 Å². The lowest BCUT2D eigenvalue weighted by Crippen LogP contribution is -2.14. The van der Waals surface area contributed by atoms with E-state index in [0.29, 0.717) is 5.56 Å². The van der Waals surface area contributed by atoms with Gasteiger partial charge in [-0.3, -0.25) is 10.1 Å². The second kappa shape index (κ2) is 4.54. The summed E-state index contributed by atoms with van der Waals surface area (Å²) in [5, 5.41) is 13.7. The quantitative estimate of drug-likeness (QED) is 0.467. The summed E-state index contributed by atoms with van der Waals surface area (Å²) in [6.07, 6.45) is 3.20. The van der Waals surface area contributed by atoms with Crippen LogP contribution in [-0.2, 0) is 0 Å². The molecular formula is C10H13N3O2. The van der Waals surface area contributed by atoms with Crippen LogP contribution >= 0.6 is 0 Å². The monoisotopic (exact) mass is 207 g/mol. The number of nitrogens with one attached hydrogen (secondary N) is 1. The summed E-state index contributed by atoms with van der Waals surface area (Å²) >= 11 is 0. The Morgan fingerprint density at radius 1 is 1.73 bits per heavy atom. The van der Waals surface area contributed by atoms with Gasteiger partial charge in [-0.1, -0.05) is 6.08 Å². The highest BCUT2D eigenvalue weighted by Gasteiger charge is 2.18. The highest BCUT2D eigenvalue weighted by atomic mass is 16.6. The van der Waals surface area contributed by atoms with E-state index < -0.39 is 4.92 Å². The van der Waals surface area contributed by atoms with Crippen molar-refractivity contribution >= 4 is 11.5 Å². The zero-order valence-electron chi connectivity index (χ0n) is 8.73. The lowest BCUT2D eigenvalue weighted by molar-refractivity contribution is -0.384. The number of anilines is 1. The van der Waals surface area contributed by atoms with Crippen LogP contribution in [0.2, 0.25) is 0 Å². The number of aromatic nitrogens is 1. The van der Waals surface area contributed by atoms with Crippen LogP contribution in [0.5, 0.6) is 0 Å². The number of nitro groups is 1. The lowest BCUT2D eigenvalue weighted by Gasteiger charge is -2.10. The van der Waals surface area contributed by atoms with Crippen molar-refractivity contribution in [2.24, 2.45) is 0 Å². The van der Waals surface area contributed by atoms with E-state index in [1.165, 1.54) is 0 Å². The third-order valence-electron chi connectivity index (χ3n) is 2.03. The molecule has 0 aromatic carbocycles. The Balaban J connectivity index is 3.11. The van der Waals surface area contributed by atoms with E-state index in [9.17, 15) is 10.1 Å². The first-order valence-corrected chi connectivity index (χ1v) is 4.55. The molecule has 0 bridgehead atoms.